The molecule has 2 aliphatic rings. The van der Waals surface area contributed by atoms with E-state index < -0.39 is 0 Å². The van der Waals surface area contributed by atoms with Crippen molar-refractivity contribution in [3.05, 3.63) is 33.7 Å². The normalized spacial score (nSPS) is 20.9. The van der Waals surface area contributed by atoms with Gasteiger partial charge in [-0.05, 0) is 32.3 Å². The van der Waals surface area contributed by atoms with Crippen molar-refractivity contribution < 1.29 is 4.79 Å². The van der Waals surface area contributed by atoms with Gasteiger partial charge in [-0.15, -0.1) is 0 Å². The van der Waals surface area contributed by atoms with Gasteiger partial charge in [0.05, 0.1) is 11.6 Å². The zero-order chi connectivity index (χ0) is 14.4. The first-order valence-corrected chi connectivity index (χ1v) is 6.99. The predicted molar refractivity (Wildman–Crippen MR) is 76.3 cm³/mol. The Morgan fingerprint density at radius 2 is 2.10 bits per heavy atom. The average Bonchev–Trinajstić information content (AvgIpc) is 2.41. The quantitative estimate of drug-likeness (QED) is 0.784. The first-order valence-electron chi connectivity index (χ1n) is 6.99. The number of nitrogens with one attached hydrogen (secondary N) is 1. The molecule has 2 heterocycles. The molecule has 0 spiro atoms. The van der Waals surface area contributed by atoms with Crippen molar-refractivity contribution in [2.45, 2.75) is 46.0 Å². The summed E-state index contributed by atoms with van der Waals surface area (Å²) in [4.78, 5) is 16.8. The topological polar surface area (TPSA) is 65.8 Å². The van der Waals surface area contributed by atoms with Crippen LogP contribution in [0.3, 0.4) is 0 Å². The second kappa shape index (κ2) is 4.45. The lowest BCUT2D eigenvalue weighted by molar-refractivity contribution is -0.116. The Morgan fingerprint density at radius 3 is 2.80 bits per heavy atom. The lowest BCUT2D eigenvalue weighted by Gasteiger charge is -2.32. The van der Waals surface area contributed by atoms with E-state index in [0.29, 0.717) is 12.0 Å². The molecule has 3 rings (SSSR count). The first kappa shape index (κ1) is 12.9. The van der Waals surface area contributed by atoms with Crippen LogP contribution < -0.4 is 5.32 Å². The fourth-order valence-corrected chi connectivity index (χ4v) is 3.26. The molecule has 20 heavy (non-hydrogen) atoms. The maximum Gasteiger partial charge on any atom is 0.161 e. The molecule has 1 aliphatic carbocycles. The maximum atomic E-state index is 12.2. The van der Waals surface area contributed by atoms with E-state index in [1.54, 1.807) is 0 Å². The van der Waals surface area contributed by atoms with Crippen molar-refractivity contribution in [2.75, 3.05) is 5.32 Å². The molecule has 0 saturated carbocycles. The Morgan fingerprint density at radius 1 is 1.35 bits per heavy atom. The highest BCUT2D eigenvalue weighted by atomic mass is 16.1. The second-order valence-corrected chi connectivity index (χ2v) is 5.59. The zero-order valence-electron chi connectivity index (χ0n) is 12.0. The molecule has 0 fully saturated rings. The van der Waals surface area contributed by atoms with Crippen molar-refractivity contribution in [3.8, 4) is 6.07 Å². The number of aryl methyl sites for hydroxylation is 1. The van der Waals surface area contributed by atoms with Gasteiger partial charge in [0.2, 0.25) is 0 Å². The van der Waals surface area contributed by atoms with E-state index in [1.165, 1.54) is 0 Å². The summed E-state index contributed by atoms with van der Waals surface area (Å²) in [6.07, 6.45) is 2.39. The standard InChI is InChI=1S/C16H17N3O/c1-8-10(3)18-16-14(11(8)7-17)9(2)15-12(19-16)5-4-6-13(15)20/h9H,4-6H2,1-3H3,(H,18,19). The summed E-state index contributed by atoms with van der Waals surface area (Å²) in [5.74, 6) is 0.917. The molecule has 1 N–H and O–H groups in total. The van der Waals surface area contributed by atoms with Crippen LogP contribution in [0, 0.1) is 25.2 Å². The van der Waals surface area contributed by atoms with Gasteiger partial charge in [0.25, 0.3) is 0 Å². The van der Waals surface area contributed by atoms with Crippen LogP contribution in [0.4, 0.5) is 5.82 Å². The number of anilines is 1. The number of hydrogen-bond acceptors (Lipinski definition) is 4. The van der Waals surface area contributed by atoms with Gasteiger partial charge in [0.1, 0.15) is 5.82 Å². The van der Waals surface area contributed by atoms with Gasteiger partial charge in [-0.1, -0.05) is 6.92 Å². The number of carbonyl (C=O) groups is 1. The minimum Gasteiger partial charge on any atom is -0.343 e. The molecule has 4 heteroatoms. The zero-order valence-corrected chi connectivity index (χ0v) is 12.0. The first-order chi connectivity index (χ1) is 9.54. The number of allylic oxidation sites excluding steroid dienone is 2. The molecule has 1 aromatic heterocycles. The van der Waals surface area contributed by atoms with Crippen molar-refractivity contribution >= 4 is 11.6 Å². The van der Waals surface area contributed by atoms with Gasteiger partial charge in [-0.25, -0.2) is 4.98 Å². The number of Topliss-reactive ketones (excluding diaryl/α,β-unsaturated/α-hetero) is 1. The fraction of sp³-hybridized carbons (Fsp3) is 0.438. The number of rotatable bonds is 0. The third-order valence-electron chi connectivity index (χ3n) is 4.42. The lowest BCUT2D eigenvalue weighted by atomic mass is 9.79. The number of aromatic nitrogens is 1. The molecule has 1 atom stereocenters. The Balaban J connectivity index is 2.24. The van der Waals surface area contributed by atoms with Gasteiger partial charge in [-0.2, -0.15) is 5.26 Å². The number of pyridine rings is 1. The monoisotopic (exact) mass is 267 g/mol. The molecule has 0 amide bonds. The van der Waals surface area contributed by atoms with Crippen LogP contribution >= 0.6 is 0 Å². The van der Waals surface area contributed by atoms with E-state index >= 15 is 0 Å². The molecular weight excluding hydrogens is 250 g/mol. The van der Waals surface area contributed by atoms with Gasteiger partial charge in [-0.3, -0.25) is 4.79 Å². The van der Waals surface area contributed by atoms with Gasteiger partial charge in [0, 0.05) is 34.9 Å². The maximum absolute atomic E-state index is 12.2. The molecule has 4 nitrogen and oxygen atoms in total. The van der Waals surface area contributed by atoms with Crippen molar-refractivity contribution in [2.24, 2.45) is 0 Å². The van der Waals surface area contributed by atoms with E-state index in [2.05, 4.69) is 16.4 Å². The molecule has 0 radical (unpaired) electrons. The Labute approximate surface area is 118 Å². The summed E-state index contributed by atoms with van der Waals surface area (Å²) in [5, 5.41) is 12.8. The average molecular weight is 267 g/mol. The molecule has 1 aliphatic heterocycles. The lowest BCUT2D eigenvalue weighted by Crippen LogP contribution is -2.26. The van der Waals surface area contributed by atoms with Crippen molar-refractivity contribution in [1.82, 2.24) is 4.98 Å². The molecule has 102 valence electrons. The number of hydrogen-bond donors (Lipinski definition) is 1. The van der Waals surface area contributed by atoms with Crippen LogP contribution in [0.15, 0.2) is 11.3 Å². The summed E-state index contributed by atoms with van der Waals surface area (Å²) in [6, 6.07) is 2.29. The third-order valence-corrected chi connectivity index (χ3v) is 4.42. The van der Waals surface area contributed by atoms with E-state index in [0.717, 1.165) is 46.8 Å². The van der Waals surface area contributed by atoms with Crippen LogP contribution in [0.1, 0.15) is 54.5 Å². The van der Waals surface area contributed by atoms with Crippen LogP contribution in [-0.2, 0) is 4.79 Å². The summed E-state index contributed by atoms with van der Waals surface area (Å²) >= 11 is 0. The molecular formula is C16H17N3O. The number of ketones is 1. The van der Waals surface area contributed by atoms with Crippen LogP contribution in [0.25, 0.3) is 0 Å². The molecule has 1 unspecified atom stereocenters. The van der Waals surface area contributed by atoms with Gasteiger partial charge < -0.3 is 5.32 Å². The molecule has 0 aromatic carbocycles. The molecule has 0 bridgehead atoms. The summed E-state index contributed by atoms with van der Waals surface area (Å²) in [7, 11) is 0. The highest BCUT2D eigenvalue weighted by Crippen LogP contribution is 2.43. The SMILES string of the molecule is Cc1nc2c(c(C#N)c1C)C(C)C1=C(CCCC1=O)N2. The Kier molecular flexibility index (Phi) is 2.86. The third kappa shape index (κ3) is 1.66. The second-order valence-electron chi connectivity index (χ2n) is 5.59. The minimum absolute atomic E-state index is 0.0458. The van der Waals surface area contributed by atoms with Crippen molar-refractivity contribution in [1.29, 1.82) is 5.26 Å². The minimum atomic E-state index is -0.0458. The number of nitrogens with zero attached hydrogens (tertiary/aromatic N) is 2. The van der Waals surface area contributed by atoms with Crippen LogP contribution in [-0.4, -0.2) is 10.8 Å². The smallest absolute Gasteiger partial charge is 0.161 e. The highest BCUT2D eigenvalue weighted by molar-refractivity contribution is 6.00. The van der Waals surface area contributed by atoms with Crippen LogP contribution in [0.5, 0.6) is 0 Å². The number of fused-ring (bicyclic) bond motifs is 1. The summed E-state index contributed by atoms with van der Waals surface area (Å²) in [5.41, 5.74) is 5.17. The number of nitriles is 1. The van der Waals surface area contributed by atoms with Gasteiger partial charge in [0.15, 0.2) is 5.78 Å². The van der Waals surface area contributed by atoms with Crippen LogP contribution in [0.2, 0.25) is 0 Å². The van der Waals surface area contributed by atoms with E-state index in [9.17, 15) is 10.1 Å². The molecule has 1 aromatic rings. The summed E-state index contributed by atoms with van der Waals surface area (Å²) in [6.45, 7) is 5.84. The Bertz CT molecular complexity index is 695. The summed E-state index contributed by atoms with van der Waals surface area (Å²) < 4.78 is 0. The molecule has 0 saturated heterocycles. The van der Waals surface area contributed by atoms with Crippen molar-refractivity contribution in [3.63, 3.8) is 0 Å². The van der Waals surface area contributed by atoms with E-state index in [-0.39, 0.29) is 11.7 Å². The fourth-order valence-electron chi connectivity index (χ4n) is 3.26. The van der Waals surface area contributed by atoms with Gasteiger partial charge >= 0.3 is 0 Å². The van der Waals surface area contributed by atoms with E-state index in [1.807, 2.05) is 20.8 Å². The highest BCUT2D eigenvalue weighted by Gasteiger charge is 2.34. The Hall–Kier alpha value is -2.15. The predicted octanol–water partition coefficient (Wildman–Crippen LogP) is 3.11. The largest absolute Gasteiger partial charge is 0.343 e. The van der Waals surface area contributed by atoms with E-state index in [4.69, 9.17) is 0 Å². The number of carbonyl (C=O) groups excluding carboxylic acids is 1.